The maximum absolute atomic E-state index is 12.5. The van der Waals surface area contributed by atoms with Crippen molar-refractivity contribution in [2.24, 2.45) is 0 Å². The monoisotopic (exact) mass is 312 g/mol. The molecule has 2 aliphatic rings. The summed E-state index contributed by atoms with van der Waals surface area (Å²) in [6.45, 7) is 3.95. The van der Waals surface area contributed by atoms with Gasteiger partial charge in [-0.1, -0.05) is 0 Å². The summed E-state index contributed by atoms with van der Waals surface area (Å²) in [5.41, 5.74) is 2.24. The molecule has 4 heterocycles. The van der Waals surface area contributed by atoms with E-state index in [9.17, 15) is 4.79 Å². The van der Waals surface area contributed by atoms with Crippen LogP contribution >= 0.6 is 0 Å². The van der Waals surface area contributed by atoms with Gasteiger partial charge in [0.15, 0.2) is 0 Å². The van der Waals surface area contributed by atoms with Crippen LogP contribution in [0, 0.1) is 0 Å². The Morgan fingerprint density at radius 1 is 1.09 bits per heavy atom. The summed E-state index contributed by atoms with van der Waals surface area (Å²) in [5.74, 6) is 0.574. The zero-order valence-electron chi connectivity index (χ0n) is 12.6. The summed E-state index contributed by atoms with van der Waals surface area (Å²) in [4.78, 5) is 33.3. The minimum atomic E-state index is -0.135. The highest BCUT2D eigenvalue weighted by atomic mass is 16.5. The molecular formula is C15H16N6O2. The lowest BCUT2D eigenvalue weighted by atomic mass is 10.3. The van der Waals surface area contributed by atoms with Gasteiger partial charge in [0.1, 0.15) is 5.69 Å². The van der Waals surface area contributed by atoms with E-state index in [-0.39, 0.29) is 5.91 Å². The van der Waals surface area contributed by atoms with E-state index in [1.165, 1.54) is 12.4 Å². The summed E-state index contributed by atoms with van der Waals surface area (Å²) >= 11 is 0. The molecule has 0 saturated carbocycles. The van der Waals surface area contributed by atoms with Crippen molar-refractivity contribution >= 4 is 11.9 Å². The highest BCUT2D eigenvalue weighted by Crippen LogP contribution is 2.23. The molecule has 0 unspecified atom stereocenters. The van der Waals surface area contributed by atoms with Gasteiger partial charge in [-0.3, -0.25) is 9.78 Å². The number of ether oxygens (including phenoxy) is 1. The molecule has 0 aliphatic carbocycles. The second-order valence-electron chi connectivity index (χ2n) is 5.49. The third kappa shape index (κ3) is 2.72. The van der Waals surface area contributed by atoms with Crippen LogP contribution in [0.1, 0.15) is 21.7 Å². The van der Waals surface area contributed by atoms with E-state index >= 15 is 0 Å². The number of carbonyl (C=O) groups is 1. The van der Waals surface area contributed by atoms with Crippen molar-refractivity contribution in [3.63, 3.8) is 0 Å². The Labute approximate surface area is 133 Å². The Hall–Kier alpha value is -2.61. The second kappa shape index (κ2) is 5.88. The fraction of sp³-hybridized carbons (Fsp3) is 0.400. The third-order valence-corrected chi connectivity index (χ3v) is 4.01. The lowest BCUT2D eigenvalue weighted by Gasteiger charge is -2.26. The molecule has 0 radical (unpaired) electrons. The van der Waals surface area contributed by atoms with E-state index in [1.54, 1.807) is 11.1 Å². The first-order valence-electron chi connectivity index (χ1n) is 7.54. The summed E-state index contributed by atoms with van der Waals surface area (Å²) in [6.07, 6.45) is 6.37. The number of anilines is 1. The molecule has 0 spiro atoms. The Morgan fingerprint density at radius 2 is 1.96 bits per heavy atom. The standard InChI is InChI=1S/C15H16N6O2/c22-14(12-8-16-1-2-17-12)21-9-11-7-18-15(19-13(11)10-21)20-3-5-23-6-4-20/h1-2,7-8H,3-6,9-10H2. The average molecular weight is 312 g/mol. The minimum Gasteiger partial charge on any atom is -0.378 e. The van der Waals surface area contributed by atoms with Crippen LogP contribution < -0.4 is 4.90 Å². The molecular weight excluding hydrogens is 296 g/mol. The molecule has 2 aliphatic heterocycles. The van der Waals surface area contributed by atoms with Crippen LogP contribution in [-0.2, 0) is 17.8 Å². The third-order valence-electron chi connectivity index (χ3n) is 4.01. The summed E-state index contributed by atoms with van der Waals surface area (Å²) in [7, 11) is 0. The minimum absolute atomic E-state index is 0.135. The molecule has 0 N–H and O–H groups in total. The highest BCUT2D eigenvalue weighted by Gasteiger charge is 2.27. The Bertz CT molecular complexity index is 717. The van der Waals surface area contributed by atoms with Gasteiger partial charge in [0, 0.05) is 43.8 Å². The van der Waals surface area contributed by atoms with Crippen LogP contribution in [0.2, 0.25) is 0 Å². The maximum Gasteiger partial charge on any atom is 0.274 e. The van der Waals surface area contributed by atoms with Crippen LogP contribution in [0.3, 0.4) is 0 Å². The van der Waals surface area contributed by atoms with Gasteiger partial charge in [-0.15, -0.1) is 0 Å². The van der Waals surface area contributed by atoms with Gasteiger partial charge in [0.25, 0.3) is 5.91 Å². The first kappa shape index (κ1) is 14.0. The van der Waals surface area contributed by atoms with Crippen molar-refractivity contribution in [3.8, 4) is 0 Å². The van der Waals surface area contributed by atoms with Crippen molar-refractivity contribution in [2.45, 2.75) is 13.1 Å². The average Bonchev–Trinajstić information content (AvgIpc) is 3.06. The molecule has 2 aromatic rings. The number of hydrogen-bond donors (Lipinski definition) is 0. The Morgan fingerprint density at radius 3 is 2.74 bits per heavy atom. The molecule has 0 bridgehead atoms. The summed E-state index contributed by atoms with van der Waals surface area (Å²) in [5, 5.41) is 0. The van der Waals surface area contributed by atoms with Crippen molar-refractivity contribution in [3.05, 3.63) is 41.7 Å². The van der Waals surface area contributed by atoms with Crippen LogP contribution in [0.15, 0.2) is 24.8 Å². The Balaban J connectivity index is 1.52. The van der Waals surface area contributed by atoms with Crippen molar-refractivity contribution in [1.29, 1.82) is 0 Å². The molecule has 0 atom stereocenters. The number of fused-ring (bicyclic) bond motifs is 1. The van der Waals surface area contributed by atoms with Gasteiger partial charge in [-0.2, -0.15) is 0 Å². The van der Waals surface area contributed by atoms with Gasteiger partial charge in [0.05, 0.1) is 31.6 Å². The first-order valence-corrected chi connectivity index (χ1v) is 7.54. The quantitative estimate of drug-likeness (QED) is 0.786. The fourth-order valence-electron chi connectivity index (χ4n) is 2.77. The number of hydrogen-bond acceptors (Lipinski definition) is 7. The normalized spacial score (nSPS) is 17.2. The lowest BCUT2D eigenvalue weighted by Crippen LogP contribution is -2.37. The van der Waals surface area contributed by atoms with E-state index in [0.717, 1.165) is 24.3 Å². The van der Waals surface area contributed by atoms with E-state index in [2.05, 4.69) is 24.8 Å². The molecule has 0 aromatic carbocycles. The number of rotatable bonds is 2. The molecule has 1 fully saturated rings. The van der Waals surface area contributed by atoms with Gasteiger partial charge >= 0.3 is 0 Å². The van der Waals surface area contributed by atoms with Gasteiger partial charge < -0.3 is 14.5 Å². The molecule has 1 saturated heterocycles. The largest absolute Gasteiger partial charge is 0.378 e. The van der Waals surface area contributed by atoms with Crippen molar-refractivity contribution in [2.75, 3.05) is 31.2 Å². The number of amides is 1. The van der Waals surface area contributed by atoms with Crippen LogP contribution in [0.5, 0.6) is 0 Å². The zero-order chi connectivity index (χ0) is 15.6. The summed E-state index contributed by atoms with van der Waals surface area (Å²) < 4.78 is 5.35. The molecule has 4 rings (SSSR count). The van der Waals surface area contributed by atoms with E-state index in [1.807, 2.05) is 6.20 Å². The molecule has 118 valence electrons. The van der Waals surface area contributed by atoms with Crippen LogP contribution in [-0.4, -0.2) is 57.0 Å². The number of morpholine rings is 1. The molecule has 1 amide bonds. The topological polar surface area (TPSA) is 84.3 Å². The second-order valence-corrected chi connectivity index (χ2v) is 5.49. The predicted molar refractivity (Wildman–Crippen MR) is 80.7 cm³/mol. The Kier molecular flexibility index (Phi) is 3.58. The smallest absolute Gasteiger partial charge is 0.274 e. The predicted octanol–water partition coefficient (Wildman–Crippen LogP) is 0.259. The van der Waals surface area contributed by atoms with E-state index in [4.69, 9.17) is 4.74 Å². The fourth-order valence-corrected chi connectivity index (χ4v) is 2.77. The highest BCUT2D eigenvalue weighted by molar-refractivity contribution is 5.92. The van der Waals surface area contributed by atoms with Gasteiger partial charge in [-0.25, -0.2) is 15.0 Å². The van der Waals surface area contributed by atoms with Crippen LogP contribution in [0.4, 0.5) is 5.95 Å². The maximum atomic E-state index is 12.5. The first-order chi connectivity index (χ1) is 11.3. The number of aromatic nitrogens is 4. The molecule has 23 heavy (non-hydrogen) atoms. The summed E-state index contributed by atoms with van der Waals surface area (Å²) in [6, 6.07) is 0. The molecule has 8 nitrogen and oxygen atoms in total. The zero-order valence-corrected chi connectivity index (χ0v) is 12.6. The van der Waals surface area contributed by atoms with Gasteiger partial charge in [0.2, 0.25) is 5.95 Å². The van der Waals surface area contributed by atoms with E-state index in [0.29, 0.717) is 37.9 Å². The lowest BCUT2D eigenvalue weighted by molar-refractivity contribution is 0.0744. The number of nitrogens with zero attached hydrogens (tertiary/aromatic N) is 6. The van der Waals surface area contributed by atoms with E-state index < -0.39 is 0 Å². The van der Waals surface area contributed by atoms with Crippen LogP contribution in [0.25, 0.3) is 0 Å². The van der Waals surface area contributed by atoms with Crippen molar-refractivity contribution < 1.29 is 9.53 Å². The van der Waals surface area contributed by atoms with Gasteiger partial charge in [-0.05, 0) is 0 Å². The number of carbonyl (C=O) groups excluding carboxylic acids is 1. The van der Waals surface area contributed by atoms with Crippen molar-refractivity contribution in [1.82, 2.24) is 24.8 Å². The molecule has 8 heteroatoms. The molecule has 2 aromatic heterocycles. The SMILES string of the molecule is O=C(c1cnccn1)N1Cc2cnc(N3CCOCC3)nc2C1.